The topological polar surface area (TPSA) is 47.7 Å². The average Bonchev–Trinajstić information content (AvgIpc) is 2.44. The molecule has 1 aliphatic heterocycles. The molecule has 0 aromatic heterocycles. The van der Waals surface area contributed by atoms with E-state index in [0.29, 0.717) is 13.0 Å². The van der Waals surface area contributed by atoms with Crippen molar-refractivity contribution in [1.82, 2.24) is 4.90 Å². The van der Waals surface area contributed by atoms with E-state index in [9.17, 15) is 0 Å². The van der Waals surface area contributed by atoms with Crippen LogP contribution in [0.25, 0.3) is 0 Å². The summed E-state index contributed by atoms with van der Waals surface area (Å²) < 4.78 is 11.6. The number of nitrogens with two attached hydrogens (primary N) is 1. The van der Waals surface area contributed by atoms with E-state index in [-0.39, 0.29) is 6.10 Å². The first-order chi connectivity index (χ1) is 9.24. The van der Waals surface area contributed by atoms with Crippen molar-refractivity contribution in [2.45, 2.75) is 19.4 Å². The molecule has 0 fully saturated rings. The Bertz CT molecular complexity index is 471. The third kappa shape index (κ3) is 3.22. The number of hydrogen-bond donors (Lipinski definition) is 1. The molecule has 1 aromatic carbocycles. The maximum absolute atomic E-state index is 5.91. The molecule has 0 aliphatic carbocycles. The van der Waals surface area contributed by atoms with Crippen molar-refractivity contribution in [3.63, 3.8) is 0 Å². The minimum absolute atomic E-state index is 0.0115. The lowest BCUT2D eigenvalue weighted by Crippen LogP contribution is -2.31. The minimum Gasteiger partial charge on any atom is -0.486 e. The summed E-state index contributed by atoms with van der Waals surface area (Å²) >= 11 is 0. The van der Waals surface area contributed by atoms with Gasteiger partial charge >= 0.3 is 0 Å². The molecule has 1 aromatic rings. The second-order valence-electron chi connectivity index (χ2n) is 4.40. The zero-order valence-corrected chi connectivity index (χ0v) is 11.2. The smallest absolute Gasteiger partial charge is 0.161 e. The van der Waals surface area contributed by atoms with Crippen LogP contribution in [0.1, 0.15) is 13.3 Å². The Labute approximate surface area is 114 Å². The lowest BCUT2D eigenvalue weighted by atomic mass is 10.2. The molecular weight excluding hydrogens is 240 g/mol. The Morgan fingerprint density at radius 2 is 2.21 bits per heavy atom. The quantitative estimate of drug-likeness (QED) is 0.883. The average molecular weight is 260 g/mol. The Hall–Kier alpha value is -2.10. The molecule has 2 N–H and O–H groups in total. The molecule has 19 heavy (non-hydrogen) atoms. The number of ether oxygens (including phenoxy) is 2. The summed E-state index contributed by atoms with van der Waals surface area (Å²) in [6, 6.07) is 7.71. The summed E-state index contributed by atoms with van der Waals surface area (Å²) in [5, 5.41) is 0. The van der Waals surface area contributed by atoms with Gasteiger partial charge in [-0.2, -0.15) is 0 Å². The molecule has 0 radical (unpaired) electrons. The molecule has 0 saturated heterocycles. The molecule has 0 amide bonds. The molecule has 1 aliphatic rings. The van der Waals surface area contributed by atoms with Gasteiger partial charge in [-0.3, -0.25) is 0 Å². The number of rotatable bonds is 5. The van der Waals surface area contributed by atoms with Crippen molar-refractivity contribution >= 4 is 0 Å². The fraction of sp³-hybridized carbons (Fsp3) is 0.333. The van der Waals surface area contributed by atoms with Crippen LogP contribution >= 0.6 is 0 Å². The SMILES string of the molecule is C=C(CC1COc2ccccc2O1)N(/C=C\N)CC. The molecule has 0 bridgehead atoms. The highest BCUT2D eigenvalue weighted by molar-refractivity contribution is 5.40. The van der Waals surface area contributed by atoms with Crippen LogP contribution in [0.3, 0.4) is 0 Å². The summed E-state index contributed by atoms with van der Waals surface area (Å²) in [5.41, 5.74) is 6.39. The van der Waals surface area contributed by atoms with Crippen LogP contribution in [0.2, 0.25) is 0 Å². The molecule has 0 saturated carbocycles. The van der Waals surface area contributed by atoms with E-state index in [1.165, 1.54) is 6.20 Å². The second-order valence-corrected chi connectivity index (χ2v) is 4.40. The third-order valence-electron chi connectivity index (χ3n) is 3.04. The summed E-state index contributed by atoms with van der Waals surface area (Å²) in [7, 11) is 0. The van der Waals surface area contributed by atoms with Crippen molar-refractivity contribution in [3.05, 3.63) is 48.9 Å². The zero-order valence-electron chi connectivity index (χ0n) is 11.2. The van der Waals surface area contributed by atoms with E-state index in [1.807, 2.05) is 35.4 Å². The predicted octanol–water partition coefficient (Wildman–Crippen LogP) is 2.48. The number of benzene rings is 1. The first kappa shape index (κ1) is 13.3. The molecule has 4 nitrogen and oxygen atoms in total. The van der Waals surface area contributed by atoms with Crippen molar-refractivity contribution in [3.8, 4) is 11.5 Å². The van der Waals surface area contributed by atoms with Crippen molar-refractivity contribution in [1.29, 1.82) is 0 Å². The van der Waals surface area contributed by atoms with Crippen molar-refractivity contribution in [2.24, 2.45) is 5.73 Å². The van der Waals surface area contributed by atoms with E-state index in [1.54, 1.807) is 0 Å². The van der Waals surface area contributed by atoms with E-state index in [2.05, 4.69) is 13.5 Å². The summed E-state index contributed by atoms with van der Waals surface area (Å²) in [4.78, 5) is 2.00. The number of nitrogens with zero attached hydrogens (tertiary/aromatic N) is 1. The van der Waals surface area contributed by atoms with E-state index < -0.39 is 0 Å². The summed E-state index contributed by atoms with van der Waals surface area (Å²) in [5.74, 6) is 1.60. The Balaban J connectivity index is 1.97. The van der Waals surface area contributed by atoms with Crippen LogP contribution in [0.15, 0.2) is 48.9 Å². The highest BCUT2D eigenvalue weighted by Gasteiger charge is 2.22. The summed E-state index contributed by atoms with van der Waals surface area (Å²) in [6.45, 7) is 7.50. The Morgan fingerprint density at radius 1 is 1.47 bits per heavy atom. The molecule has 2 rings (SSSR count). The first-order valence-electron chi connectivity index (χ1n) is 6.46. The molecule has 0 spiro atoms. The highest BCUT2D eigenvalue weighted by Crippen LogP contribution is 2.32. The molecule has 1 unspecified atom stereocenters. The van der Waals surface area contributed by atoms with Gasteiger partial charge in [0.05, 0.1) is 0 Å². The van der Waals surface area contributed by atoms with Gasteiger partial charge in [0.25, 0.3) is 0 Å². The number of fused-ring (bicyclic) bond motifs is 1. The van der Waals surface area contributed by atoms with E-state index in [4.69, 9.17) is 15.2 Å². The van der Waals surface area contributed by atoms with Gasteiger partial charge in [-0.05, 0) is 19.1 Å². The fourth-order valence-corrected chi connectivity index (χ4v) is 2.08. The largest absolute Gasteiger partial charge is 0.486 e. The van der Waals surface area contributed by atoms with Gasteiger partial charge < -0.3 is 20.1 Å². The third-order valence-corrected chi connectivity index (χ3v) is 3.04. The fourth-order valence-electron chi connectivity index (χ4n) is 2.08. The molecule has 1 atom stereocenters. The molecular formula is C15H20N2O2. The van der Waals surface area contributed by atoms with Gasteiger partial charge in [0, 0.05) is 31.1 Å². The van der Waals surface area contributed by atoms with Crippen LogP contribution in [0.5, 0.6) is 11.5 Å². The highest BCUT2D eigenvalue weighted by atomic mass is 16.6. The monoisotopic (exact) mass is 260 g/mol. The Morgan fingerprint density at radius 3 is 2.89 bits per heavy atom. The number of para-hydroxylation sites is 2. The van der Waals surface area contributed by atoms with Gasteiger partial charge in [0.2, 0.25) is 0 Å². The van der Waals surface area contributed by atoms with E-state index in [0.717, 1.165) is 23.7 Å². The van der Waals surface area contributed by atoms with Crippen LogP contribution in [0.4, 0.5) is 0 Å². The van der Waals surface area contributed by atoms with Gasteiger partial charge in [0.1, 0.15) is 12.7 Å². The number of hydrogen-bond acceptors (Lipinski definition) is 4. The Kier molecular flexibility index (Phi) is 4.34. The lowest BCUT2D eigenvalue weighted by molar-refractivity contribution is 0.0873. The van der Waals surface area contributed by atoms with Gasteiger partial charge in [-0.25, -0.2) is 0 Å². The van der Waals surface area contributed by atoms with Gasteiger partial charge in [0.15, 0.2) is 11.5 Å². The standard InChI is InChI=1S/C15H20N2O2/c1-3-17(9-8-16)12(2)10-13-11-18-14-6-4-5-7-15(14)19-13/h4-9,13H,2-3,10-11,16H2,1H3/b9-8-. The molecule has 4 heteroatoms. The van der Waals surface area contributed by atoms with Crippen LogP contribution in [0, 0.1) is 0 Å². The first-order valence-corrected chi connectivity index (χ1v) is 6.46. The van der Waals surface area contributed by atoms with Crippen molar-refractivity contribution < 1.29 is 9.47 Å². The maximum atomic E-state index is 5.91. The van der Waals surface area contributed by atoms with Gasteiger partial charge in [-0.1, -0.05) is 18.7 Å². The van der Waals surface area contributed by atoms with Crippen LogP contribution in [-0.2, 0) is 0 Å². The van der Waals surface area contributed by atoms with Crippen molar-refractivity contribution in [2.75, 3.05) is 13.2 Å². The molecule has 102 valence electrons. The van der Waals surface area contributed by atoms with Crippen LogP contribution in [-0.4, -0.2) is 24.2 Å². The second kappa shape index (κ2) is 6.18. The normalized spacial score (nSPS) is 17.4. The van der Waals surface area contributed by atoms with E-state index >= 15 is 0 Å². The predicted molar refractivity (Wildman–Crippen MR) is 75.8 cm³/mol. The zero-order chi connectivity index (χ0) is 13.7. The minimum atomic E-state index is -0.0115. The van der Waals surface area contributed by atoms with Crippen LogP contribution < -0.4 is 15.2 Å². The summed E-state index contributed by atoms with van der Waals surface area (Å²) in [6.07, 6.45) is 4.04. The maximum Gasteiger partial charge on any atom is 0.161 e. The van der Waals surface area contributed by atoms with Gasteiger partial charge in [-0.15, -0.1) is 0 Å². The lowest BCUT2D eigenvalue weighted by Gasteiger charge is -2.29. The molecule has 1 heterocycles.